The minimum Gasteiger partial charge on any atom is -0.491 e. The Morgan fingerprint density at radius 1 is 1.26 bits per heavy atom. The average Bonchev–Trinajstić information content (AvgIpc) is 2.58. The van der Waals surface area contributed by atoms with Crippen LogP contribution in [0.25, 0.3) is 0 Å². The summed E-state index contributed by atoms with van der Waals surface area (Å²) in [4.78, 5) is 20.9. The molecular weight excluding hydrogens is 300 g/mol. The van der Waals surface area contributed by atoms with Gasteiger partial charge in [-0.3, -0.25) is 0 Å². The number of carbonyl (C=O) groups excluding carboxylic acids is 2. The summed E-state index contributed by atoms with van der Waals surface area (Å²) >= 11 is 0. The zero-order valence-electron chi connectivity index (χ0n) is 13.4. The second kappa shape index (κ2) is 12.0. The molecule has 0 saturated carbocycles. The first kappa shape index (κ1) is 20.4. The molecule has 0 radical (unpaired) electrons. The lowest BCUT2D eigenvalue weighted by atomic mass is 10.3. The minimum atomic E-state index is -0.843. The van der Waals surface area contributed by atoms with Crippen molar-refractivity contribution in [2.45, 2.75) is 13.0 Å². The van der Waals surface area contributed by atoms with Gasteiger partial charge in [0.2, 0.25) is 0 Å². The first-order chi connectivity index (χ1) is 10.9. The summed E-state index contributed by atoms with van der Waals surface area (Å²) in [5.74, 6) is -0.240. The summed E-state index contributed by atoms with van der Waals surface area (Å²) in [5.41, 5.74) is 0.433. The average molecular weight is 322 g/mol. The normalized spacial score (nSPS) is 10.4. The molecular formula is C17H22O6. The van der Waals surface area contributed by atoms with E-state index in [2.05, 4.69) is 22.6 Å². The third-order valence-electron chi connectivity index (χ3n) is 2.30. The van der Waals surface area contributed by atoms with Crippen molar-refractivity contribution in [1.82, 2.24) is 0 Å². The number of methoxy groups -OCH3 is 1. The van der Waals surface area contributed by atoms with Crippen LogP contribution in [0.1, 0.15) is 6.92 Å². The fourth-order valence-corrected chi connectivity index (χ4v) is 1.17. The first-order valence-corrected chi connectivity index (χ1v) is 6.79. The summed E-state index contributed by atoms with van der Waals surface area (Å²) in [6.45, 7) is 8.18. The molecule has 126 valence electrons. The lowest BCUT2D eigenvalue weighted by molar-refractivity contribution is -0.141. The molecule has 0 fully saturated rings. The van der Waals surface area contributed by atoms with Crippen LogP contribution in [-0.4, -0.2) is 43.5 Å². The predicted octanol–water partition coefficient (Wildman–Crippen LogP) is 1.89. The number of hydrogen-bond acceptors (Lipinski definition) is 6. The van der Waals surface area contributed by atoms with Crippen LogP contribution in [0, 0.1) is 0 Å². The molecule has 0 bridgehead atoms. The van der Waals surface area contributed by atoms with E-state index in [9.17, 15) is 14.7 Å². The summed E-state index contributed by atoms with van der Waals surface area (Å²) in [6.07, 6.45) is 0.203. The Balaban J connectivity index is 0.000000585. The smallest absolute Gasteiger partial charge is 0.332 e. The molecule has 6 heteroatoms. The molecule has 23 heavy (non-hydrogen) atoms. The van der Waals surface area contributed by atoms with Crippen molar-refractivity contribution in [3.8, 4) is 5.75 Å². The number of benzene rings is 1. The van der Waals surface area contributed by atoms with E-state index in [0.717, 1.165) is 6.08 Å². The van der Waals surface area contributed by atoms with Crippen molar-refractivity contribution < 1.29 is 28.9 Å². The predicted molar refractivity (Wildman–Crippen MR) is 85.9 cm³/mol. The second-order valence-electron chi connectivity index (χ2n) is 4.38. The van der Waals surface area contributed by atoms with Gasteiger partial charge in [-0.05, 0) is 19.1 Å². The number of ether oxygens (including phenoxy) is 3. The van der Waals surface area contributed by atoms with E-state index in [-0.39, 0.29) is 19.2 Å². The molecule has 0 aliphatic carbocycles. The number of hydrogen-bond donors (Lipinski definition) is 1. The van der Waals surface area contributed by atoms with Crippen LogP contribution in [0.4, 0.5) is 0 Å². The molecule has 6 nitrogen and oxygen atoms in total. The molecule has 1 aromatic rings. The molecule has 1 aromatic carbocycles. The zero-order chi connectivity index (χ0) is 17.7. The van der Waals surface area contributed by atoms with Gasteiger partial charge in [0, 0.05) is 11.6 Å². The molecule has 1 atom stereocenters. The Morgan fingerprint density at radius 3 is 2.30 bits per heavy atom. The standard InChI is InChI=1S/C12H14O4.C5H8O2/c1-2-12(14)16-9-10(13)8-15-11-6-4-3-5-7-11;1-4(2)5(6)7-3/h2-7,10,13H,1,8-9H2;1H2,2-3H3. The lowest BCUT2D eigenvalue weighted by Gasteiger charge is -2.11. The molecule has 1 unspecified atom stereocenters. The van der Waals surface area contributed by atoms with Crippen LogP contribution in [0.3, 0.4) is 0 Å². The zero-order valence-corrected chi connectivity index (χ0v) is 13.4. The number of para-hydroxylation sites is 1. The van der Waals surface area contributed by atoms with E-state index in [1.165, 1.54) is 7.11 Å². The Morgan fingerprint density at radius 2 is 1.87 bits per heavy atom. The number of rotatable bonds is 7. The van der Waals surface area contributed by atoms with E-state index in [0.29, 0.717) is 11.3 Å². The summed E-state index contributed by atoms with van der Waals surface area (Å²) < 4.78 is 14.2. The fraction of sp³-hybridized carbons (Fsp3) is 0.294. The van der Waals surface area contributed by atoms with Crippen molar-refractivity contribution in [3.63, 3.8) is 0 Å². The minimum absolute atomic E-state index is 0.0778. The molecule has 0 saturated heterocycles. The van der Waals surface area contributed by atoms with E-state index in [4.69, 9.17) is 4.74 Å². The molecule has 0 amide bonds. The maximum absolute atomic E-state index is 10.7. The Labute approximate surface area is 136 Å². The molecule has 1 rings (SSSR count). The van der Waals surface area contributed by atoms with Crippen LogP contribution in [0.5, 0.6) is 5.75 Å². The molecule has 0 heterocycles. The monoisotopic (exact) mass is 322 g/mol. The number of aliphatic hydroxyl groups is 1. The van der Waals surface area contributed by atoms with Crippen molar-refractivity contribution in [2.24, 2.45) is 0 Å². The lowest BCUT2D eigenvalue weighted by Crippen LogP contribution is -2.24. The largest absolute Gasteiger partial charge is 0.491 e. The van der Waals surface area contributed by atoms with Gasteiger partial charge < -0.3 is 19.3 Å². The van der Waals surface area contributed by atoms with Gasteiger partial charge in [0.1, 0.15) is 25.1 Å². The highest BCUT2D eigenvalue weighted by Crippen LogP contribution is 2.08. The number of esters is 2. The van der Waals surface area contributed by atoms with E-state index in [1.54, 1.807) is 19.1 Å². The maximum Gasteiger partial charge on any atom is 0.332 e. The van der Waals surface area contributed by atoms with Gasteiger partial charge in [-0.1, -0.05) is 31.4 Å². The van der Waals surface area contributed by atoms with Gasteiger partial charge in [0.05, 0.1) is 7.11 Å². The fourth-order valence-electron chi connectivity index (χ4n) is 1.17. The van der Waals surface area contributed by atoms with Gasteiger partial charge in [-0.25, -0.2) is 9.59 Å². The van der Waals surface area contributed by atoms with Crippen LogP contribution in [0.2, 0.25) is 0 Å². The van der Waals surface area contributed by atoms with Crippen LogP contribution < -0.4 is 4.74 Å². The molecule has 0 aliphatic rings. The third-order valence-corrected chi connectivity index (χ3v) is 2.30. The summed E-state index contributed by atoms with van der Waals surface area (Å²) in [5, 5.41) is 9.42. The van der Waals surface area contributed by atoms with Crippen molar-refractivity contribution in [1.29, 1.82) is 0 Å². The van der Waals surface area contributed by atoms with Crippen LogP contribution in [-0.2, 0) is 19.1 Å². The molecule has 0 aromatic heterocycles. The van der Waals surface area contributed by atoms with E-state index < -0.39 is 12.1 Å². The van der Waals surface area contributed by atoms with Crippen LogP contribution >= 0.6 is 0 Å². The van der Waals surface area contributed by atoms with Crippen molar-refractivity contribution >= 4 is 11.9 Å². The Hall–Kier alpha value is -2.60. The van der Waals surface area contributed by atoms with Gasteiger partial charge in [0.15, 0.2) is 0 Å². The quantitative estimate of drug-likeness (QED) is 0.610. The topological polar surface area (TPSA) is 82.1 Å². The van der Waals surface area contributed by atoms with Gasteiger partial charge in [0.25, 0.3) is 0 Å². The highest BCUT2D eigenvalue weighted by Gasteiger charge is 2.07. The molecule has 1 N–H and O–H groups in total. The third kappa shape index (κ3) is 10.7. The highest BCUT2D eigenvalue weighted by atomic mass is 16.5. The van der Waals surface area contributed by atoms with Gasteiger partial charge in [-0.15, -0.1) is 0 Å². The summed E-state index contributed by atoms with van der Waals surface area (Å²) in [6, 6.07) is 9.10. The second-order valence-corrected chi connectivity index (χ2v) is 4.38. The van der Waals surface area contributed by atoms with Crippen LogP contribution in [0.15, 0.2) is 55.1 Å². The van der Waals surface area contributed by atoms with Crippen molar-refractivity contribution in [3.05, 3.63) is 55.1 Å². The number of aliphatic hydroxyl groups excluding tert-OH is 1. The first-order valence-electron chi connectivity index (χ1n) is 6.79. The highest BCUT2D eigenvalue weighted by molar-refractivity contribution is 5.86. The molecule has 0 aliphatic heterocycles. The number of carbonyl (C=O) groups is 2. The Bertz CT molecular complexity index is 509. The van der Waals surface area contributed by atoms with E-state index in [1.807, 2.05) is 18.2 Å². The SMILES string of the molecule is C=C(C)C(=O)OC.C=CC(=O)OCC(O)COc1ccccc1. The summed E-state index contributed by atoms with van der Waals surface area (Å²) in [7, 11) is 1.33. The molecule has 0 spiro atoms. The maximum atomic E-state index is 10.7. The van der Waals surface area contributed by atoms with Gasteiger partial charge >= 0.3 is 11.9 Å². The van der Waals surface area contributed by atoms with Crippen molar-refractivity contribution in [2.75, 3.05) is 20.3 Å². The Kier molecular flexibility index (Phi) is 10.6. The van der Waals surface area contributed by atoms with E-state index >= 15 is 0 Å². The van der Waals surface area contributed by atoms with Gasteiger partial charge in [-0.2, -0.15) is 0 Å².